The number of carbonyl (C=O) groups is 2. The van der Waals surface area contributed by atoms with E-state index in [1.807, 2.05) is 38.1 Å². The van der Waals surface area contributed by atoms with E-state index >= 15 is 0 Å². The van der Waals surface area contributed by atoms with Crippen LogP contribution in [0.5, 0.6) is 0 Å². The van der Waals surface area contributed by atoms with E-state index in [4.69, 9.17) is 0 Å². The van der Waals surface area contributed by atoms with Crippen LogP contribution in [0.15, 0.2) is 60.8 Å². The van der Waals surface area contributed by atoms with Gasteiger partial charge in [0.05, 0.1) is 11.9 Å². The molecule has 0 spiro atoms. The van der Waals surface area contributed by atoms with Crippen molar-refractivity contribution in [3.8, 4) is 0 Å². The minimum atomic E-state index is -0.252. The number of aromatic nitrogens is 1. The Kier molecular flexibility index (Phi) is 5.31. The Morgan fingerprint density at radius 3 is 2.00 bits per heavy atom. The Bertz CT molecular complexity index is 957. The van der Waals surface area contributed by atoms with Gasteiger partial charge in [0.15, 0.2) is 5.78 Å². The molecule has 2 N–H and O–H groups in total. The van der Waals surface area contributed by atoms with Crippen molar-refractivity contribution in [3.63, 3.8) is 0 Å². The zero-order chi connectivity index (χ0) is 19.4. The van der Waals surface area contributed by atoms with E-state index in [9.17, 15) is 9.59 Å². The fourth-order valence-electron chi connectivity index (χ4n) is 2.80. The maximum atomic E-state index is 12.4. The number of hydrogen-bond donors (Lipinski definition) is 2. The van der Waals surface area contributed by atoms with Gasteiger partial charge in [-0.05, 0) is 80.4 Å². The lowest BCUT2D eigenvalue weighted by Gasteiger charge is -2.09. The Morgan fingerprint density at radius 2 is 1.44 bits per heavy atom. The molecule has 0 radical (unpaired) electrons. The van der Waals surface area contributed by atoms with Crippen LogP contribution in [0.3, 0.4) is 0 Å². The molecule has 3 rings (SSSR count). The zero-order valence-corrected chi connectivity index (χ0v) is 15.5. The number of nitrogens with one attached hydrogen (secondary N) is 2. The SMILES string of the molecule is CC(=O)c1ccc(Nc2ccc(C(=O)Nc3cc(C)cc(C)c3)nc2)cc1. The lowest BCUT2D eigenvalue weighted by atomic mass is 10.1. The van der Waals surface area contributed by atoms with Crippen LogP contribution in [0, 0.1) is 13.8 Å². The molecule has 0 fully saturated rings. The van der Waals surface area contributed by atoms with Crippen LogP contribution in [-0.2, 0) is 0 Å². The van der Waals surface area contributed by atoms with Gasteiger partial charge in [0.2, 0.25) is 0 Å². The van der Waals surface area contributed by atoms with Crippen LogP contribution in [0.4, 0.5) is 17.1 Å². The summed E-state index contributed by atoms with van der Waals surface area (Å²) < 4.78 is 0. The molecule has 5 heteroatoms. The second-order valence-electron chi connectivity index (χ2n) is 6.52. The van der Waals surface area contributed by atoms with Gasteiger partial charge in [0.1, 0.15) is 5.69 Å². The third kappa shape index (κ3) is 4.79. The smallest absolute Gasteiger partial charge is 0.274 e. The van der Waals surface area contributed by atoms with Gasteiger partial charge in [-0.15, -0.1) is 0 Å². The van der Waals surface area contributed by atoms with Gasteiger partial charge in [-0.1, -0.05) is 6.07 Å². The van der Waals surface area contributed by atoms with E-state index in [0.29, 0.717) is 11.3 Å². The topological polar surface area (TPSA) is 71.1 Å². The van der Waals surface area contributed by atoms with E-state index in [2.05, 4.69) is 21.7 Å². The van der Waals surface area contributed by atoms with Crippen LogP contribution in [-0.4, -0.2) is 16.7 Å². The van der Waals surface area contributed by atoms with Crippen molar-refractivity contribution in [2.24, 2.45) is 0 Å². The van der Waals surface area contributed by atoms with Crippen molar-refractivity contribution in [1.29, 1.82) is 0 Å². The highest BCUT2D eigenvalue weighted by molar-refractivity contribution is 6.03. The number of anilines is 3. The Labute approximate surface area is 158 Å². The lowest BCUT2D eigenvalue weighted by Crippen LogP contribution is -2.13. The quantitative estimate of drug-likeness (QED) is 0.636. The van der Waals surface area contributed by atoms with E-state index in [0.717, 1.165) is 28.2 Å². The molecule has 136 valence electrons. The number of rotatable bonds is 5. The fraction of sp³-hybridized carbons (Fsp3) is 0.136. The third-order valence-corrected chi connectivity index (χ3v) is 4.06. The maximum Gasteiger partial charge on any atom is 0.274 e. The number of Topliss-reactive ketones (excluding diaryl/α,β-unsaturated/α-hetero) is 1. The molecular weight excluding hydrogens is 338 g/mol. The van der Waals surface area contributed by atoms with Crippen LogP contribution >= 0.6 is 0 Å². The first kappa shape index (κ1) is 18.3. The van der Waals surface area contributed by atoms with Crippen molar-refractivity contribution in [1.82, 2.24) is 4.98 Å². The van der Waals surface area contributed by atoms with Gasteiger partial charge < -0.3 is 10.6 Å². The standard InChI is InChI=1S/C22H21N3O2/c1-14-10-15(2)12-20(11-14)25-22(27)21-9-8-19(13-23-21)24-18-6-4-17(5-7-18)16(3)26/h4-13,24H,1-3H3,(H,25,27). The van der Waals surface area contributed by atoms with Gasteiger partial charge in [0.25, 0.3) is 5.91 Å². The molecule has 0 saturated heterocycles. The summed E-state index contributed by atoms with van der Waals surface area (Å²) in [5, 5.41) is 6.07. The molecule has 0 bridgehead atoms. The summed E-state index contributed by atoms with van der Waals surface area (Å²) in [6.45, 7) is 5.52. The number of benzene rings is 2. The van der Waals surface area contributed by atoms with Crippen molar-refractivity contribution in [3.05, 3.63) is 83.2 Å². The molecule has 0 aliphatic heterocycles. The second kappa shape index (κ2) is 7.83. The Balaban J connectivity index is 1.67. The average Bonchev–Trinajstić information content (AvgIpc) is 2.62. The van der Waals surface area contributed by atoms with Crippen molar-refractivity contribution < 1.29 is 9.59 Å². The van der Waals surface area contributed by atoms with Crippen molar-refractivity contribution >= 4 is 28.8 Å². The number of hydrogen-bond acceptors (Lipinski definition) is 4. The van der Waals surface area contributed by atoms with Gasteiger partial charge in [-0.2, -0.15) is 0 Å². The summed E-state index contributed by atoms with van der Waals surface area (Å²) in [7, 11) is 0. The first-order valence-corrected chi connectivity index (χ1v) is 8.64. The molecular formula is C22H21N3O2. The predicted octanol–water partition coefficient (Wildman–Crippen LogP) is 4.90. The molecule has 0 atom stereocenters. The van der Waals surface area contributed by atoms with Crippen LogP contribution in [0.1, 0.15) is 38.9 Å². The van der Waals surface area contributed by atoms with E-state index in [-0.39, 0.29) is 11.7 Å². The van der Waals surface area contributed by atoms with Gasteiger partial charge in [-0.25, -0.2) is 4.98 Å². The number of pyridine rings is 1. The molecule has 0 aliphatic rings. The summed E-state index contributed by atoms with van der Waals surface area (Å²) >= 11 is 0. The predicted molar refractivity (Wildman–Crippen MR) is 108 cm³/mol. The normalized spacial score (nSPS) is 10.3. The molecule has 5 nitrogen and oxygen atoms in total. The highest BCUT2D eigenvalue weighted by Gasteiger charge is 2.08. The molecule has 1 heterocycles. The molecule has 0 saturated carbocycles. The molecule has 1 aromatic heterocycles. The van der Waals surface area contributed by atoms with E-state index in [1.54, 1.807) is 30.5 Å². The molecule has 1 amide bonds. The number of carbonyl (C=O) groups excluding carboxylic acids is 2. The second-order valence-corrected chi connectivity index (χ2v) is 6.52. The molecule has 0 aliphatic carbocycles. The number of nitrogens with zero attached hydrogens (tertiary/aromatic N) is 1. The fourth-order valence-corrected chi connectivity index (χ4v) is 2.80. The highest BCUT2D eigenvalue weighted by Crippen LogP contribution is 2.18. The lowest BCUT2D eigenvalue weighted by molar-refractivity contribution is 0.101. The van der Waals surface area contributed by atoms with Crippen molar-refractivity contribution in [2.75, 3.05) is 10.6 Å². The molecule has 27 heavy (non-hydrogen) atoms. The number of ketones is 1. The van der Waals surface area contributed by atoms with Gasteiger partial charge in [-0.3, -0.25) is 9.59 Å². The van der Waals surface area contributed by atoms with Crippen LogP contribution in [0.25, 0.3) is 0 Å². The monoisotopic (exact) mass is 359 g/mol. The summed E-state index contributed by atoms with van der Waals surface area (Å²) in [5.74, 6) is -0.222. The van der Waals surface area contributed by atoms with E-state index in [1.165, 1.54) is 6.92 Å². The minimum Gasteiger partial charge on any atom is -0.354 e. The van der Waals surface area contributed by atoms with Gasteiger partial charge >= 0.3 is 0 Å². The summed E-state index contributed by atoms with van der Waals surface area (Å²) in [5.41, 5.74) is 5.54. The largest absolute Gasteiger partial charge is 0.354 e. The maximum absolute atomic E-state index is 12.4. The van der Waals surface area contributed by atoms with Crippen LogP contribution < -0.4 is 10.6 Å². The Hall–Kier alpha value is -3.47. The summed E-state index contributed by atoms with van der Waals surface area (Å²) in [6.07, 6.45) is 1.61. The average molecular weight is 359 g/mol. The Morgan fingerprint density at radius 1 is 0.815 bits per heavy atom. The molecule has 2 aromatic carbocycles. The zero-order valence-electron chi connectivity index (χ0n) is 15.5. The first-order chi connectivity index (χ1) is 12.9. The van der Waals surface area contributed by atoms with Crippen LogP contribution in [0.2, 0.25) is 0 Å². The third-order valence-electron chi connectivity index (χ3n) is 4.06. The minimum absolute atomic E-state index is 0.0300. The number of aryl methyl sites for hydroxylation is 2. The molecule has 0 unspecified atom stereocenters. The summed E-state index contributed by atoms with van der Waals surface area (Å²) in [6, 6.07) is 16.6. The first-order valence-electron chi connectivity index (χ1n) is 8.64. The highest BCUT2D eigenvalue weighted by atomic mass is 16.2. The van der Waals surface area contributed by atoms with Gasteiger partial charge in [0, 0.05) is 16.9 Å². The number of amides is 1. The van der Waals surface area contributed by atoms with E-state index < -0.39 is 0 Å². The summed E-state index contributed by atoms with van der Waals surface area (Å²) in [4.78, 5) is 27.9. The molecule has 3 aromatic rings. The van der Waals surface area contributed by atoms with Crippen molar-refractivity contribution in [2.45, 2.75) is 20.8 Å².